The van der Waals surface area contributed by atoms with E-state index in [1.54, 1.807) is 70.2 Å². The summed E-state index contributed by atoms with van der Waals surface area (Å²) in [5, 5.41) is 0.540. The van der Waals surface area contributed by atoms with Crippen LogP contribution in [0.1, 0.15) is 78.9 Å². The van der Waals surface area contributed by atoms with Crippen LogP contribution in [0.2, 0.25) is 0 Å². The second-order valence-corrected chi connectivity index (χ2v) is 17.0. The van der Waals surface area contributed by atoms with Crippen LogP contribution >= 0.6 is 0 Å². The second kappa shape index (κ2) is 19.4. The van der Waals surface area contributed by atoms with Gasteiger partial charge in [-0.1, -0.05) is 123 Å². The number of halogens is 2. The third-order valence-corrected chi connectivity index (χ3v) is 11.5. The summed E-state index contributed by atoms with van der Waals surface area (Å²) in [5.74, 6) is -2.28. The van der Waals surface area contributed by atoms with Crippen LogP contribution in [0.5, 0.6) is 0 Å². The van der Waals surface area contributed by atoms with Gasteiger partial charge in [-0.05, 0) is 92.9 Å². The molecule has 7 heteroatoms. The number of rotatable bonds is 13. The second-order valence-electron chi connectivity index (χ2n) is 17.0. The van der Waals surface area contributed by atoms with E-state index in [1.807, 2.05) is 36.4 Å². The van der Waals surface area contributed by atoms with E-state index in [4.69, 9.17) is 11.3 Å². The van der Waals surface area contributed by atoms with Gasteiger partial charge in [0.05, 0.1) is 12.4 Å². The van der Waals surface area contributed by atoms with Crippen molar-refractivity contribution in [2.24, 2.45) is 0 Å². The van der Waals surface area contributed by atoms with Crippen LogP contribution < -0.4 is 0 Å². The Balaban J connectivity index is 0.00000792. The monoisotopic (exact) mass is 1080 g/mol. The predicted octanol–water partition coefficient (Wildman–Crippen LogP) is 14.9. The van der Waals surface area contributed by atoms with Crippen molar-refractivity contribution in [3.63, 3.8) is 0 Å². The molecule has 0 amide bonds. The molecule has 0 radical (unpaired) electrons. The number of nitrogens with zero attached hydrogens (tertiary/aromatic N) is 3. The van der Waals surface area contributed by atoms with Gasteiger partial charge in [-0.3, -0.25) is 0 Å². The molecule has 0 saturated heterocycles. The fraction of sp³-hybridized carbons (Fsp3) is 0.164. The summed E-state index contributed by atoms with van der Waals surface area (Å²) >= 11 is 0. The van der Waals surface area contributed by atoms with Crippen molar-refractivity contribution in [3.05, 3.63) is 233 Å². The first-order valence-corrected chi connectivity index (χ1v) is 21.5. The van der Waals surface area contributed by atoms with E-state index in [-0.39, 0.29) is 70.2 Å². The van der Waals surface area contributed by atoms with Crippen molar-refractivity contribution in [1.82, 2.24) is 15.0 Å². The Bertz CT molecular complexity index is 3890. The van der Waals surface area contributed by atoms with Crippen LogP contribution in [0.4, 0.5) is 8.78 Å². The number of hydrogen-bond donors (Lipinski definition) is 0. The minimum Gasteiger partial charge on any atom is -0.497 e. The van der Waals surface area contributed by atoms with Crippen molar-refractivity contribution in [3.8, 4) is 44.9 Å². The molecule has 336 valence electrons. The average molecular weight is 1080 g/mol. The zero-order valence-corrected chi connectivity index (χ0v) is 39.5. The smallest absolute Gasteiger partial charge is 0.497 e. The van der Waals surface area contributed by atoms with Gasteiger partial charge in [0.1, 0.15) is 5.82 Å². The van der Waals surface area contributed by atoms with Gasteiger partial charge >= 0.3 is 20.1 Å². The Kier molecular flexibility index (Phi) is 9.32. The summed E-state index contributed by atoms with van der Waals surface area (Å²) in [6.07, 6.45) is -7.50. The first kappa shape index (κ1) is 32.7. The van der Waals surface area contributed by atoms with Crippen LogP contribution in [-0.4, -0.2) is 15.0 Å². The summed E-state index contributed by atoms with van der Waals surface area (Å²) in [6, 6.07) is 37.6. The molecule has 0 atom stereocenters. The van der Waals surface area contributed by atoms with Crippen molar-refractivity contribution in [2.75, 3.05) is 0 Å². The molecule has 0 saturated carbocycles. The van der Waals surface area contributed by atoms with E-state index in [9.17, 15) is 11.0 Å². The first-order valence-electron chi connectivity index (χ1n) is 28.0. The predicted molar refractivity (Wildman–Crippen MR) is 265 cm³/mol. The molecule has 0 aliphatic rings. The summed E-state index contributed by atoms with van der Waals surface area (Å²) in [7, 11) is 0. The number of aromatic nitrogens is 3. The van der Waals surface area contributed by atoms with Crippen LogP contribution in [0.15, 0.2) is 175 Å². The van der Waals surface area contributed by atoms with E-state index >= 15 is 8.78 Å². The van der Waals surface area contributed by atoms with Crippen LogP contribution in [0, 0.1) is 29.8 Å². The molecule has 0 N–H and O–H groups in total. The molecule has 4 heterocycles. The van der Waals surface area contributed by atoms with Crippen molar-refractivity contribution in [1.29, 1.82) is 0 Å². The molecular formula is C61H48F2IrN3O. The quantitative estimate of drug-likeness (QED) is 0.108. The van der Waals surface area contributed by atoms with E-state index in [2.05, 4.69) is 33.2 Å². The number of furan rings is 1. The van der Waals surface area contributed by atoms with Crippen LogP contribution in [-0.2, 0) is 56.4 Å². The third kappa shape index (κ3) is 9.60. The Labute approximate surface area is 428 Å². The zero-order chi connectivity index (χ0) is 57.6. The molecule has 0 aliphatic heterocycles. The number of pyridine rings is 3. The molecule has 0 aliphatic carbocycles. The molecule has 0 spiro atoms. The van der Waals surface area contributed by atoms with Gasteiger partial charge in [0.15, 0.2) is 11.4 Å². The van der Waals surface area contributed by atoms with Gasteiger partial charge in [0.2, 0.25) is 0 Å². The van der Waals surface area contributed by atoms with E-state index in [1.165, 1.54) is 36.7 Å². The Hall–Kier alpha value is -6.92. The van der Waals surface area contributed by atoms with Gasteiger partial charge in [-0.2, -0.15) is 0 Å². The largest absolute Gasteiger partial charge is 3.00 e. The Morgan fingerprint density at radius 2 is 1.18 bits per heavy atom. The Morgan fingerprint density at radius 1 is 0.588 bits per heavy atom. The van der Waals surface area contributed by atoms with E-state index in [0.29, 0.717) is 27.9 Å². The molecule has 0 fully saturated rings. The maximum Gasteiger partial charge on any atom is 3.00 e. The summed E-state index contributed by atoms with van der Waals surface area (Å²) in [5.41, 5.74) is -2.32. The third-order valence-electron chi connectivity index (χ3n) is 11.5. The van der Waals surface area contributed by atoms with Gasteiger partial charge in [0, 0.05) is 46.1 Å². The van der Waals surface area contributed by atoms with Gasteiger partial charge in [0.25, 0.3) is 0 Å². The molecule has 4 aromatic heterocycles. The summed E-state index contributed by atoms with van der Waals surface area (Å²) < 4.78 is 158. The fourth-order valence-electron chi connectivity index (χ4n) is 8.00. The van der Waals surface area contributed by atoms with Crippen molar-refractivity contribution >= 4 is 21.9 Å². The Morgan fingerprint density at radius 3 is 1.74 bits per heavy atom. The summed E-state index contributed by atoms with van der Waals surface area (Å²) in [4.78, 5) is 13.6. The molecule has 4 nitrogen and oxygen atoms in total. The van der Waals surface area contributed by atoms with Crippen LogP contribution in [0.25, 0.3) is 66.8 Å². The molecule has 6 aromatic carbocycles. The number of hydrogen-bond acceptors (Lipinski definition) is 4. The van der Waals surface area contributed by atoms with Gasteiger partial charge in [-0.15, -0.1) is 90.0 Å². The normalized spacial score (nSPS) is 15.4. The van der Waals surface area contributed by atoms with E-state index < -0.39 is 89.3 Å². The molecule has 0 bridgehead atoms. The molecule has 10 aromatic rings. The van der Waals surface area contributed by atoms with Gasteiger partial charge < -0.3 is 19.4 Å². The van der Waals surface area contributed by atoms with Crippen LogP contribution in [0.3, 0.4) is 0 Å². The van der Waals surface area contributed by atoms with E-state index in [0.717, 1.165) is 35.5 Å². The molecular weight excluding hydrogens is 1020 g/mol. The molecule has 68 heavy (non-hydrogen) atoms. The maximum atomic E-state index is 16.9. The standard InChI is InChI=1S/C61H48F2N3O.Ir/c1-60(2,47-25-29-54(65-38-47)44-17-10-6-11-18-44)35-41-31-40(32-42(33-41)36-61(3,4)48-26-30-55(66-39-48)45-19-12-7-13-20-45)23-24-46-37-64-56(34-53(46)62)52-22-14-21-50-51-28-27-49(43-15-8-5-9-16-43)57(63)59(51)67-58(50)52;/h5-17,19,21,25-34,37-39H,23-24,35-36H2,1-4H3;/q-3;+3/i5D,8D,9D,15D,16D,23D2,24D2,35D2,36D2;. The average Bonchev–Trinajstić information content (AvgIpc) is 4.01. The zero-order valence-electron chi connectivity index (χ0n) is 50.1. The molecule has 10 rings (SSSR count). The minimum atomic E-state index is -3.29. The van der Waals surface area contributed by atoms with Gasteiger partial charge in [-0.25, -0.2) is 8.78 Å². The number of fused-ring (bicyclic) bond motifs is 3. The number of aryl methyl sites for hydroxylation is 2. The number of benzene rings is 6. The topological polar surface area (TPSA) is 51.8 Å². The first-order chi connectivity index (χ1) is 37.6. The van der Waals surface area contributed by atoms with Crippen molar-refractivity contribution < 1.29 is 51.1 Å². The fourth-order valence-corrected chi connectivity index (χ4v) is 8.00. The SMILES string of the molecule is [2H]c1c([2H])c([2H])c(-c2ccc3c(oc4c(-c5cc(F)c(C([2H])([2H])C([2H])([2H])c6cc(C([2H])([2H])C(C)(C)c7ccc(-c8[c-]cccc8)nc7)cc(C([2H])([2H])C(C)(C)c7ccc(-c8[c-]cccc8)nc7)c6)cn5)[c-]ccc43)c2F)c([2H])c1[2H].[Ir+3]. The van der Waals surface area contributed by atoms with Crippen molar-refractivity contribution in [2.45, 2.75) is 64.0 Å². The minimum absolute atomic E-state index is 0. The molecule has 0 unspecified atom stereocenters. The summed E-state index contributed by atoms with van der Waals surface area (Å²) in [6.45, 7) is 6.55. The maximum absolute atomic E-state index is 16.9.